The summed E-state index contributed by atoms with van der Waals surface area (Å²) < 4.78 is 19.3. The van der Waals surface area contributed by atoms with E-state index in [1.54, 1.807) is 24.3 Å². The molecule has 0 heterocycles. The quantitative estimate of drug-likeness (QED) is 0.528. The Bertz CT molecular complexity index is 888. The van der Waals surface area contributed by atoms with Crippen LogP contribution in [0.25, 0.3) is 0 Å². The van der Waals surface area contributed by atoms with Gasteiger partial charge in [-0.3, -0.25) is 9.59 Å². The number of hydrogen-bond acceptors (Lipinski definition) is 3. The fourth-order valence-electron chi connectivity index (χ4n) is 2.98. The fraction of sp³-hybridized carbons (Fsp3) is 0.391. The van der Waals surface area contributed by atoms with E-state index in [1.165, 1.54) is 23.1 Å². The summed E-state index contributed by atoms with van der Waals surface area (Å²) >= 11 is 12.6. The van der Waals surface area contributed by atoms with Crippen molar-refractivity contribution in [3.8, 4) is 5.75 Å². The van der Waals surface area contributed by atoms with Crippen LogP contribution in [0.5, 0.6) is 5.75 Å². The van der Waals surface area contributed by atoms with Gasteiger partial charge in [0.15, 0.2) is 18.2 Å². The third-order valence-corrected chi connectivity index (χ3v) is 5.36. The van der Waals surface area contributed by atoms with Crippen molar-refractivity contribution in [1.29, 1.82) is 0 Å². The predicted molar refractivity (Wildman–Crippen MR) is 121 cm³/mol. The van der Waals surface area contributed by atoms with Gasteiger partial charge in [-0.2, -0.15) is 0 Å². The maximum absolute atomic E-state index is 13.9. The molecule has 1 atom stereocenters. The maximum atomic E-state index is 13.9. The molecule has 0 aliphatic rings. The first-order valence-corrected chi connectivity index (χ1v) is 10.9. The number of carbonyl (C=O) groups excluding carboxylic acids is 2. The molecular formula is C23H27Cl2FN2O3. The number of halogens is 3. The molecule has 8 heteroatoms. The van der Waals surface area contributed by atoms with Gasteiger partial charge in [0.05, 0.1) is 0 Å². The Morgan fingerprint density at radius 1 is 1.10 bits per heavy atom. The van der Waals surface area contributed by atoms with Gasteiger partial charge < -0.3 is 15.0 Å². The average molecular weight is 469 g/mol. The van der Waals surface area contributed by atoms with Crippen LogP contribution < -0.4 is 10.1 Å². The molecule has 0 fully saturated rings. The van der Waals surface area contributed by atoms with Crippen LogP contribution in [0.3, 0.4) is 0 Å². The van der Waals surface area contributed by atoms with Gasteiger partial charge in [-0.25, -0.2) is 4.39 Å². The smallest absolute Gasteiger partial charge is 0.261 e. The molecule has 5 nitrogen and oxygen atoms in total. The Morgan fingerprint density at radius 3 is 2.32 bits per heavy atom. The van der Waals surface area contributed by atoms with Gasteiger partial charge in [-0.1, -0.05) is 62.2 Å². The Morgan fingerprint density at radius 2 is 1.74 bits per heavy atom. The molecule has 31 heavy (non-hydrogen) atoms. The lowest BCUT2D eigenvalue weighted by atomic mass is 10.1. The molecule has 0 aliphatic heterocycles. The van der Waals surface area contributed by atoms with Crippen molar-refractivity contribution in [2.45, 2.75) is 39.8 Å². The van der Waals surface area contributed by atoms with Crippen molar-refractivity contribution < 1.29 is 18.7 Å². The molecule has 0 saturated heterocycles. The van der Waals surface area contributed by atoms with Crippen LogP contribution >= 0.6 is 23.2 Å². The van der Waals surface area contributed by atoms with Crippen LogP contribution in [0.15, 0.2) is 42.5 Å². The van der Waals surface area contributed by atoms with Crippen molar-refractivity contribution in [3.05, 3.63) is 63.9 Å². The lowest BCUT2D eigenvalue weighted by Crippen LogP contribution is -2.50. The molecule has 0 radical (unpaired) electrons. The van der Waals surface area contributed by atoms with E-state index < -0.39 is 24.4 Å². The summed E-state index contributed by atoms with van der Waals surface area (Å²) in [5, 5.41) is 3.64. The topological polar surface area (TPSA) is 58.6 Å². The fourth-order valence-corrected chi connectivity index (χ4v) is 3.50. The first-order chi connectivity index (χ1) is 14.7. The van der Waals surface area contributed by atoms with E-state index in [-0.39, 0.29) is 24.1 Å². The Balaban J connectivity index is 2.28. The van der Waals surface area contributed by atoms with Gasteiger partial charge in [0.2, 0.25) is 5.91 Å². The van der Waals surface area contributed by atoms with Crippen molar-refractivity contribution in [1.82, 2.24) is 10.2 Å². The number of amides is 2. The molecule has 1 N–H and O–H groups in total. The number of nitrogens with one attached hydrogen (secondary N) is 1. The monoisotopic (exact) mass is 468 g/mol. The van der Waals surface area contributed by atoms with Gasteiger partial charge in [0.1, 0.15) is 6.04 Å². The highest BCUT2D eigenvalue weighted by Crippen LogP contribution is 2.27. The molecule has 0 bridgehead atoms. The molecule has 0 saturated carbocycles. The van der Waals surface area contributed by atoms with E-state index in [0.29, 0.717) is 28.6 Å². The highest BCUT2D eigenvalue weighted by atomic mass is 35.5. The number of hydrogen-bond donors (Lipinski definition) is 1. The molecule has 0 unspecified atom stereocenters. The number of nitrogens with zero attached hydrogens (tertiary/aromatic N) is 1. The molecular weight excluding hydrogens is 442 g/mol. The lowest BCUT2D eigenvalue weighted by Gasteiger charge is -2.31. The van der Waals surface area contributed by atoms with Crippen LogP contribution in [0, 0.1) is 11.7 Å². The zero-order valence-electron chi connectivity index (χ0n) is 17.8. The zero-order chi connectivity index (χ0) is 23.0. The van der Waals surface area contributed by atoms with Crippen LogP contribution in [-0.2, 0) is 16.1 Å². The Kier molecular flexibility index (Phi) is 9.59. The minimum atomic E-state index is -0.761. The Labute approximate surface area is 192 Å². The molecule has 2 aromatic rings. The summed E-state index contributed by atoms with van der Waals surface area (Å²) in [6.45, 7) is 5.84. The number of carbonyl (C=O) groups is 2. The first-order valence-electron chi connectivity index (χ1n) is 10.1. The van der Waals surface area contributed by atoms with Crippen LogP contribution in [0.2, 0.25) is 10.0 Å². The van der Waals surface area contributed by atoms with Gasteiger partial charge in [-0.15, -0.1) is 0 Å². The van der Waals surface area contributed by atoms with E-state index in [1.807, 2.05) is 20.8 Å². The largest absolute Gasteiger partial charge is 0.481 e. The van der Waals surface area contributed by atoms with Crippen molar-refractivity contribution in [3.63, 3.8) is 0 Å². The number of benzene rings is 2. The second kappa shape index (κ2) is 11.9. The summed E-state index contributed by atoms with van der Waals surface area (Å²) in [6, 6.07) is 10.1. The SMILES string of the molecule is CC[C@@H](C(=O)NCC(C)C)N(Cc1c(Cl)cccc1Cl)C(=O)COc1ccccc1F. The highest BCUT2D eigenvalue weighted by Gasteiger charge is 2.30. The normalized spacial score (nSPS) is 11.8. The second-order valence-electron chi connectivity index (χ2n) is 7.50. The summed E-state index contributed by atoms with van der Waals surface area (Å²) in [6.07, 6.45) is 0.372. The van der Waals surface area contributed by atoms with Crippen LogP contribution in [0.4, 0.5) is 4.39 Å². The molecule has 0 aromatic heterocycles. The Hall–Kier alpha value is -2.31. The molecule has 168 valence electrons. The lowest BCUT2D eigenvalue weighted by molar-refractivity contribution is -0.143. The molecule has 0 spiro atoms. The van der Waals surface area contributed by atoms with Gasteiger partial charge >= 0.3 is 0 Å². The van der Waals surface area contributed by atoms with E-state index in [9.17, 15) is 14.0 Å². The molecule has 0 aliphatic carbocycles. The highest BCUT2D eigenvalue weighted by molar-refractivity contribution is 6.36. The summed E-state index contributed by atoms with van der Waals surface area (Å²) in [5.41, 5.74) is 0.528. The van der Waals surface area contributed by atoms with Gasteiger partial charge in [0, 0.05) is 28.7 Å². The summed E-state index contributed by atoms with van der Waals surface area (Å²) in [5.74, 6) is -1.11. The van der Waals surface area contributed by atoms with Gasteiger partial charge in [-0.05, 0) is 36.6 Å². The number of para-hydroxylation sites is 1. The molecule has 2 amide bonds. The third kappa shape index (κ3) is 7.11. The van der Waals surface area contributed by atoms with E-state index >= 15 is 0 Å². The number of ether oxygens (including phenoxy) is 1. The number of rotatable bonds is 10. The van der Waals surface area contributed by atoms with E-state index in [4.69, 9.17) is 27.9 Å². The first kappa shape index (κ1) is 25.0. The van der Waals surface area contributed by atoms with Crippen molar-refractivity contribution in [2.24, 2.45) is 5.92 Å². The minimum absolute atomic E-state index is 0.0194. The average Bonchev–Trinajstić information content (AvgIpc) is 2.73. The second-order valence-corrected chi connectivity index (χ2v) is 8.32. The summed E-state index contributed by atoms with van der Waals surface area (Å²) in [7, 11) is 0. The van der Waals surface area contributed by atoms with Crippen molar-refractivity contribution >= 4 is 35.0 Å². The standard InChI is InChI=1S/C23H27Cl2FN2O3/c1-4-20(23(30)27-12-15(2)3)28(13-16-17(24)8-7-9-18(16)25)22(29)14-31-21-11-6-5-10-19(21)26/h5-11,15,20H,4,12-14H2,1-3H3,(H,27,30)/t20-/m0/s1. The summed E-state index contributed by atoms with van der Waals surface area (Å²) in [4.78, 5) is 27.3. The van der Waals surface area contributed by atoms with E-state index in [0.717, 1.165) is 0 Å². The third-order valence-electron chi connectivity index (χ3n) is 4.65. The minimum Gasteiger partial charge on any atom is -0.481 e. The molecule has 2 rings (SSSR count). The van der Waals surface area contributed by atoms with Crippen LogP contribution in [-0.4, -0.2) is 35.9 Å². The van der Waals surface area contributed by atoms with E-state index in [2.05, 4.69) is 5.32 Å². The maximum Gasteiger partial charge on any atom is 0.261 e. The zero-order valence-corrected chi connectivity index (χ0v) is 19.3. The predicted octanol–water partition coefficient (Wildman–Crippen LogP) is 5.09. The molecule has 2 aromatic carbocycles. The van der Waals surface area contributed by atoms with Crippen molar-refractivity contribution in [2.75, 3.05) is 13.2 Å². The van der Waals surface area contributed by atoms with Crippen LogP contribution in [0.1, 0.15) is 32.8 Å². The van der Waals surface area contributed by atoms with Gasteiger partial charge in [0.25, 0.3) is 5.91 Å².